The van der Waals surface area contributed by atoms with Crippen molar-refractivity contribution in [3.63, 3.8) is 0 Å². The normalized spacial score (nSPS) is 22.3. The Morgan fingerprint density at radius 3 is 2.96 bits per heavy atom. The average Bonchev–Trinajstić information content (AvgIpc) is 3.00. The molecule has 0 aromatic carbocycles. The topological polar surface area (TPSA) is 59.7 Å². The van der Waals surface area contributed by atoms with Gasteiger partial charge in [-0.25, -0.2) is 9.97 Å². The Morgan fingerprint density at radius 2 is 2.29 bits per heavy atom. The molecular formula is C18H26N4O2. The monoisotopic (exact) mass is 330 g/mol. The zero-order valence-electron chi connectivity index (χ0n) is 14.9. The van der Waals surface area contributed by atoms with Crippen molar-refractivity contribution in [1.29, 1.82) is 0 Å². The predicted molar refractivity (Wildman–Crippen MR) is 91.9 cm³/mol. The quantitative estimate of drug-likeness (QED) is 0.764. The molecule has 6 heteroatoms. The van der Waals surface area contributed by atoms with Gasteiger partial charge in [0.25, 0.3) is 5.91 Å². The lowest BCUT2D eigenvalue weighted by Gasteiger charge is -2.54. The van der Waals surface area contributed by atoms with Crippen LogP contribution in [-0.4, -0.2) is 51.0 Å². The second-order valence-corrected chi connectivity index (χ2v) is 7.16. The number of carbonyl (C=O) groups excluding carboxylic acids is 1. The summed E-state index contributed by atoms with van der Waals surface area (Å²) in [5.41, 5.74) is 0.387. The Kier molecular flexibility index (Phi) is 4.58. The van der Waals surface area contributed by atoms with E-state index in [1.54, 1.807) is 21.7 Å². The summed E-state index contributed by atoms with van der Waals surface area (Å²) in [5.74, 6) is 0.480. The molecule has 2 aromatic heterocycles. The number of ether oxygens (including phenoxy) is 1. The molecule has 2 heterocycles. The van der Waals surface area contributed by atoms with Crippen molar-refractivity contribution in [1.82, 2.24) is 19.3 Å². The molecule has 24 heavy (non-hydrogen) atoms. The van der Waals surface area contributed by atoms with E-state index in [0.29, 0.717) is 11.5 Å². The first-order valence-corrected chi connectivity index (χ1v) is 8.63. The molecule has 0 aliphatic heterocycles. The molecule has 1 saturated carbocycles. The zero-order valence-corrected chi connectivity index (χ0v) is 14.9. The van der Waals surface area contributed by atoms with E-state index in [2.05, 4.69) is 30.7 Å². The molecule has 0 radical (unpaired) electrons. The maximum atomic E-state index is 12.8. The van der Waals surface area contributed by atoms with Crippen LogP contribution in [0.25, 0.3) is 5.78 Å². The summed E-state index contributed by atoms with van der Waals surface area (Å²) in [7, 11) is 1.86. The molecule has 0 spiro atoms. The van der Waals surface area contributed by atoms with E-state index in [0.717, 1.165) is 25.9 Å². The van der Waals surface area contributed by atoms with E-state index >= 15 is 0 Å². The van der Waals surface area contributed by atoms with Gasteiger partial charge >= 0.3 is 0 Å². The van der Waals surface area contributed by atoms with Crippen molar-refractivity contribution < 1.29 is 9.53 Å². The molecule has 1 amide bonds. The Hall–Kier alpha value is -1.95. The fourth-order valence-electron chi connectivity index (χ4n) is 3.43. The van der Waals surface area contributed by atoms with Crippen molar-refractivity contribution in [3.05, 3.63) is 30.4 Å². The van der Waals surface area contributed by atoms with Crippen LogP contribution in [0.15, 0.2) is 24.7 Å². The number of fused-ring (bicyclic) bond motifs is 1. The van der Waals surface area contributed by atoms with Crippen molar-refractivity contribution in [3.8, 4) is 0 Å². The maximum absolute atomic E-state index is 12.8. The molecular weight excluding hydrogens is 304 g/mol. The first kappa shape index (κ1) is 16.9. The van der Waals surface area contributed by atoms with Crippen molar-refractivity contribution in [2.75, 3.05) is 13.7 Å². The smallest absolute Gasteiger partial charge is 0.274 e. The van der Waals surface area contributed by atoms with Gasteiger partial charge in [0, 0.05) is 43.7 Å². The highest BCUT2D eigenvalue weighted by atomic mass is 16.5. The second kappa shape index (κ2) is 6.51. The van der Waals surface area contributed by atoms with E-state index in [1.165, 1.54) is 0 Å². The van der Waals surface area contributed by atoms with Gasteiger partial charge in [-0.2, -0.15) is 0 Å². The minimum atomic E-state index is -0.0643. The number of amides is 1. The third-order valence-corrected chi connectivity index (χ3v) is 5.19. The van der Waals surface area contributed by atoms with Crippen LogP contribution >= 0.6 is 0 Å². The van der Waals surface area contributed by atoms with E-state index in [-0.39, 0.29) is 23.5 Å². The van der Waals surface area contributed by atoms with Crippen LogP contribution in [0.2, 0.25) is 0 Å². The van der Waals surface area contributed by atoms with E-state index in [4.69, 9.17) is 4.74 Å². The van der Waals surface area contributed by atoms with Gasteiger partial charge in [0.2, 0.25) is 5.78 Å². The number of hydrogen-bond donors (Lipinski definition) is 0. The van der Waals surface area contributed by atoms with Crippen molar-refractivity contribution in [2.24, 2.45) is 5.41 Å². The van der Waals surface area contributed by atoms with Crippen LogP contribution in [0, 0.1) is 5.41 Å². The number of aromatic nitrogens is 3. The van der Waals surface area contributed by atoms with Gasteiger partial charge in [0.05, 0.1) is 6.10 Å². The molecule has 1 fully saturated rings. The lowest BCUT2D eigenvalue weighted by molar-refractivity contribution is -0.140. The lowest BCUT2D eigenvalue weighted by Crippen LogP contribution is -2.62. The lowest BCUT2D eigenvalue weighted by atomic mass is 9.63. The first-order valence-electron chi connectivity index (χ1n) is 8.63. The zero-order chi connectivity index (χ0) is 17.3. The SMILES string of the molecule is CCCCOC1CC(N(C)C(=O)c2cn3cccnc3n2)C1(C)C. The van der Waals surface area contributed by atoms with Gasteiger partial charge in [0.1, 0.15) is 5.69 Å². The number of rotatable bonds is 6. The number of carbonyl (C=O) groups is 1. The fourth-order valence-corrected chi connectivity index (χ4v) is 3.43. The molecule has 0 bridgehead atoms. The van der Waals surface area contributed by atoms with E-state index in [1.807, 2.05) is 19.3 Å². The fraction of sp³-hybridized carbons (Fsp3) is 0.611. The summed E-state index contributed by atoms with van der Waals surface area (Å²) in [4.78, 5) is 23.1. The van der Waals surface area contributed by atoms with E-state index in [9.17, 15) is 4.79 Å². The summed E-state index contributed by atoms with van der Waals surface area (Å²) in [6, 6.07) is 1.98. The summed E-state index contributed by atoms with van der Waals surface area (Å²) >= 11 is 0. The highest BCUT2D eigenvalue weighted by Gasteiger charge is 2.52. The van der Waals surface area contributed by atoms with Crippen LogP contribution in [-0.2, 0) is 4.74 Å². The highest BCUT2D eigenvalue weighted by molar-refractivity contribution is 5.93. The molecule has 2 aromatic rings. The van der Waals surface area contributed by atoms with Crippen molar-refractivity contribution in [2.45, 2.75) is 52.2 Å². The van der Waals surface area contributed by atoms with Crippen LogP contribution in [0.5, 0.6) is 0 Å². The van der Waals surface area contributed by atoms with Gasteiger partial charge in [-0.3, -0.25) is 9.20 Å². The third kappa shape index (κ3) is 2.90. The number of unbranched alkanes of at least 4 members (excludes halogenated alkanes) is 1. The summed E-state index contributed by atoms with van der Waals surface area (Å²) < 4.78 is 7.75. The second-order valence-electron chi connectivity index (χ2n) is 7.16. The molecule has 0 saturated heterocycles. The predicted octanol–water partition coefficient (Wildman–Crippen LogP) is 2.79. The van der Waals surface area contributed by atoms with Gasteiger partial charge in [-0.1, -0.05) is 27.2 Å². The van der Waals surface area contributed by atoms with Crippen LogP contribution in [0.1, 0.15) is 50.5 Å². The third-order valence-electron chi connectivity index (χ3n) is 5.19. The van der Waals surface area contributed by atoms with Crippen LogP contribution < -0.4 is 0 Å². The molecule has 1 aliphatic rings. The maximum Gasteiger partial charge on any atom is 0.274 e. The number of imidazole rings is 1. The molecule has 3 rings (SSSR count). The Bertz CT molecular complexity index is 692. The Labute approximate surface area is 142 Å². The molecule has 6 nitrogen and oxygen atoms in total. The Morgan fingerprint density at radius 1 is 1.50 bits per heavy atom. The summed E-state index contributed by atoms with van der Waals surface area (Å²) in [6.45, 7) is 7.31. The highest BCUT2D eigenvalue weighted by Crippen LogP contribution is 2.45. The molecule has 1 aliphatic carbocycles. The minimum absolute atomic E-state index is 0.0461. The van der Waals surface area contributed by atoms with Crippen LogP contribution in [0.4, 0.5) is 0 Å². The first-order chi connectivity index (χ1) is 11.4. The van der Waals surface area contributed by atoms with Gasteiger partial charge in [-0.05, 0) is 18.9 Å². The van der Waals surface area contributed by atoms with Crippen molar-refractivity contribution >= 4 is 11.7 Å². The van der Waals surface area contributed by atoms with Crippen LogP contribution in [0.3, 0.4) is 0 Å². The molecule has 0 N–H and O–H groups in total. The average molecular weight is 330 g/mol. The van der Waals surface area contributed by atoms with Gasteiger partial charge in [-0.15, -0.1) is 0 Å². The summed E-state index contributed by atoms with van der Waals surface area (Å²) in [6.07, 6.45) is 8.57. The largest absolute Gasteiger partial charge is 0.378 e. The molecule has 2 atom stereocenters. The number of hydrogen-bond acceptors (Lipinski definition) is 4. The minimum Gasteiger partial charge on any atom is -0.378 e. The standard InChI is InChI=1S/C18H26N4O2/c1-5-6-10-24-15-11-14(18(15,2)3)21(4)16(23)13-12-22-9-7-8-19-17(22)20-13/h7-9,12,14-15H,5-6,10-11H2,1-4H3. The number of nitrogens with zero attached hydrogens (tertiary/aromatic N) is 4. The molecule has 130 valence electrons. The van der Waals surface area contributed by atoms with E-state index < -0.39 is 0 Å². The molecule has 2 unspecified atom stereocenters. The summed E-state index contributed by atoms with van der Waals surface area (Å²) in [5, 5.41) is 0. The van der Waals surface area contributed by atoms with Gasteiger partial charge in [0.15, 0.2) is 0 Å². The Balaban J connectivity index is 1.68. The van der Waals surface area contributed by atoms with Gasteiger partial charge < -0.3 is 9.64 Å².